The van der Waals surface area contributed by atoms with Crippen LogP contribution in [0.4, 0.5) is 5.69 Å². The number of hydrogen-bond donors (Lipinski definition) is 1. The second-order valence-corrected chi connectivity index (χ2v) is 5.66. The van der Waals surface area contributed by atoms with Gasteiger partial charge in [-0.25, -0.2) is 0 Å². The Morgan fingerprint density at radius 1 is 1.10 bits per heavy atom. The van der Waals surface area contributed by atoms with E-state index >= 15 is 0 Å². The van der Waals surface area contributed by atoms with E-state index in [4.69, 9.17) is 4.74 Å². The molecule has 1 unspecified atom stereocenters. The van der Waals surface area contributed by atoms with E-state index in [0.717, 1.165) is 18.8 Å². The Bertz CT molecular complexity index is 411. The Labute approximate surface area is 123 Å². The average Bonchev–Trinajstić information content (AvgIpc) is 2.45. The molecule has 112 valence electrons. The number of anilines is 1. The number of benzene rings is 1. The van der Waals surface area contributed by atoms with Crippen molar-refractivity contribution >= 4 is 5.69 Å². The zero-order valence-electron chi connectivity index (χ0n) is 13.1. The zero-order chi connectivity index (χ0) is 14.4. The van der Waals surface area contributed by atoms with Crippen molar-refractivity contribution in [2.75, 3.05) is 32.1 Å². The van der Waals surface area contributed by atoms with E-state index in [-0.39, 0.29) is 0 Å². The van der Waals surface area contributed by atoms with E-state index in [2.05, 4.69) is 35.3 Å². The monoisotopic (exact) mass is 276 g/mol. The number of methoxy groups -OCH3 is 1. The van der Waals surface area contributed by atoms with Gasteiger partial charge in [0.1, 0.15) is 5.75 Å². The lowest BCUT2D eigenvalue weighted by atomic mass is 10.0. The molecule has 3 nitrogen and oxygen atoms in total. The maximum Gasteiger partial charge on any atom is 0.125 e. The number of nitrogens with zero attached hydrogens (tertiary/aromatic N) is 1. The minimum absolute atomic E-state index is 0.298. The maximum atomic E-state index is 5.59. The third-order valence-corrected chi connectivity index (χ3v) is 4.33. The van der Waals surface area contributed by atoms with Crippen LogP contribution < -0.4 is 15.0 Å². The van der Waals surface area contributed by atoms with Crippen molar-refractivity contribution < 1.29 is 4.74 Å². The van der Waals surface area contributed by atoms with E-state index in [1.807, 2.05) is 7.05 Å². The summed E-state index contributed by atoms with van der Waals surface area (Å²) in [6.45, 7) is 4.53. The fourth-order valence-electron chi connectivity index (χ4n) is 3.05. The third-order valence-electron chi connectivity index (χ3n) is 4.33. The molecular formula is C17H28N2O. The highest BCUT2D eigenvalue weighted by atomic mass is 16.5. The largest absolute Gasteiger partial charge is 0.496 e. The van der Waals surface area contributed by atoms with Crippen molar-refractivity contribution in [2.45, 2.75) is 45.1 Å². The van der Waals surface area contributed by atoms with Crippen molar-refractivity contribution in [3.8, 4) is 5.75 Å². The topological polar surface area (TPSA) is 24.5 Å². The van der Waals surface area contributed by atoms with Crippen LogP contribution in [0, 0.1) is 0 Å². The third kappa shape index (κ3) is 3.45. The molecule has 2 rings (SSSR count). The summed E-state index contributed by atoms with van der Waals surface area (Å²) in [5, 5.41) is 3.36. The summed E-state index contributed by atoms with van der Waals surface area (Å²) >= 11 is 0. The predicted octanol–water partition coefficient (Wildman–Crippen LogP) is 3.75. The van der Waals surface area contributed by atoms with E-state index in [9.17, 15) is 0 Å². The first-order chi connectivity index (χ1) is 9.77. The van der Waals surface area contributed by atoms with Gasteiger partial charge in [-0.3, -0.25) is 0 Å². The summed E-state index contributed by atoms with van der Waals surface area (Å²) in [4.78, 5) is 2.55. The molecule has 0 bridgehead atoms. The molecule has 0 spiro atoms. The second-order valence-electron chi connectivity index (χ2n) is 5.66. The van der Waals surface area contributed by atoms with Gasteiger partial charge in [0, 0.05) is 30.4 Å². The molecular weight excluding hydrogens is 248 g/mol. The van der Waals surface area contributed by atoms with Crippen molar-refractivity contribution in [1.29, 1.82) is 0 Å². The van der Waals surface area contributed by atoms with Gasteiger partial charge in [0.2, 0.25) is 0 Å². The lowest BCUT2D eigenvalue weighted by molar-refractivity contribution is 0.403. The molecule has 0 radical (unpaired) electrons. The molecule has 1 saturated heterocycles. The molecule has 1 aromatic carbocycles. The molecule has 1 aliphatic rings. The molecule has 0 amide bonds. The van der Waals surface area contributed by atoms with Gasteiger partial charge in [-0.15, -0.1) is 0 Å². The molecule has 3 heteroatoms. The highest BCUT2D eigenvalue weighted by Gasteiger charge is 2.19. The minimum atomic E-state index is 0.298. The van der Waals surface area contributed by atoms with Crippen molar-refractivity contribution in [1.82, 2.24) is 5.32 Å². The van der Waals surface area contributed by atoms with Crippen LogP contribution in [-0.2, 0) is 0 Å². The van der Waals surface area contributed by atoms with Gasteiger partial charge in [-0.1, -0.05) is 25.3 Å². The summed E-state index contributed by atoms with van der Waals surface area (Å²) in [6.07, 6.45) is 6.70. The number of rotatable bonds is 4. The Morgan fingerprint density at radius 2 is 1.75 bits per heavy atom. The SMILES string of the molecule is CNC(C)c1c(OC)cccc1N1CCCCCCC1. The number of ether oxygens (including phenoxy) is 1. The molecule has 1 aliphatic heterocycles. The van der Waals surface area contributed by atoms with Gasteiger partial charge in [0.25, 0.3) is 0 Å². The predicted molar refractivity (Wildman–Crippen MR) is 85.8 cm³/mol. The standard InChI is InChI=1S/C17H28N2O/c1-14(18-2)17-15(10-9-11-16(17)20-3)19-12-7-5-4-6-8-13-19/h9-11,14,18H,4-8,12-13H2,1-3H3. The lowest BCUT2D eigenvalue weighted by Gasteiger charge is -2.31. The summed E-state index contributed by atoms with van der Waals surface area (Å²) in [7, 11) is 3.77. The van der Waals surface area contributed by atoms with Crippen LogP contribution in [-0.4, -0.2) is 27.2 Å². The summed E-state index contributed by atoms with van der Waals surface area (Å²) < 4.78 is 5.59. The Balaban J connectivity index is 2.32. The van der Waals surface area contributed by atoms with Crippen LogP contribution in [0.1, 0.15) is 50.6 Å². The zero-order valence-corrected chi connectivity index (χ0v) is 13.1. The summed E-state index contributed by atoms with van der Waals surface area (Å²) in [5.74, 6) is 0.992. The van der Waals surface area contributed by atoms with Crippen LogP contribution in [0.25, 0.3) is 0 Å². The van der Waals surface area contributed by atoms with Gasteiger partial charge in [0.05, 0.1) is 7.11 Å². The molecule has 0 aromatic heterocycles. The van der Waals surface area contributed by atoms with Crippen LogP contribution >= 0.6 is 0 Å². The second kappa shape index (κ2) is 7.53. The molecule has 1 fully saturated rings. The Morgan fingerprint density at radius 3 is 2.35 bits per heavy atom. The Hall–Kier alpha value is -1.22. The molecule has 1 N–H and O–H groups in total. The molecule has 1 atom stereocenters. The van der Waals surface area contributed by atoms with Crippen molar-refractivity contribution in [2.24, 2.45) is 0 Å². The van der Waals surface area contributed by atoms with Crippen LogP contribution in [0.2, 0.25) is 0 Å². The van der Waals surface area contributed by atoms with Gasteiger partial charge < -0.3 is 15.0 Å². The van der Waals surface area contributed by atoms with Crippen LogP contribution in [0.3, 0.4) is 0 Å². The first kappa shape index (κ1) is 15.2. The normalized spacial score (nSPS) is 18.2. The maximum absolute atomic E-state index is 5.59. The fraction of sp³-hybridized carbons (Fsp3) is 0.647. The van der Waals surface area contributed by atoms with Gasteiger partial charge in [-0.2, -0.15) is 0 Å². The molecule has 0 aliphatic carbocycles. The molecule has 1 heterocycles. The highest BCUT2D eigenvalue weighted by Crippen LogP contribution is 2.35. The quantitative estimate of drug-likeness (QED) is 0.906. The van der Waals surface area contributed by atoms with Gasteiger partial charge >= 0.3 is 0 Å². The van der Waals surface area contributed by atoms with Crippen molar-refractivity contribution in [3.63, 3.8) is 0 Å². The molecule has 0 saturated carbocycles. The van der Waals surface area contributed by atoms with Gasteiger partial charge in [0.15, 0.2) is 0 Å². The number of nitrogens with one attached hydrogen (secondary N) is 1. The fourth-order valence-corrected chi connectivity index (χ4v) is 3.05. The highest BCUT2D eigenvalue weighted by molar-refractivity contribution is 5.60. The summed E-state index contributed by atoms with van der Waals surface area (Å²) in [6, 6.07) is 6.72. The average molecular weight is 276 g/mol. The van der Waals surface area contributed by atoms with Gasteiger partial charge in [-0.05, 0) is 38.9 Å². The van der Waals surface area contributed by atoms with E-state index in [1.54, 1.807) is 7.11 Å². The first-order valence-electron chi connectivity index (χ1n) is 7.87. The van der Waals surface area contributed by atoms with E-state index in [0.29, 0.717) is 6.04 Å². The number of hydrogen-bond acceptors (Lipinski definition) is 3. The smallest absolute Gasteiger partial charge is 0.125 e. The van der Waals surface area contributed by atoms with E-state index < -0.39 is 0 Å². The first-order valence-corrected chi connectivity index (χ1v) is 7.87. The van der Waals surface area contributed by atoms with E-state index in [1.165, 1.54) is 43.4 Å². The molecule has 20 heavy (non-hydrogen) atoms. The van der Waals surface area contributed by atoms with Crippen LogP contribution in [0.5, 0.6) is 5.75 Å². The Kier molecular flexibility index (Phi) is 5.72. The minimum Gasteiger partial charge on any atom is -0.496 e. The van der Waals surface area contributed by atoms with Crippen LogP contribution in [0.15, 0.2) is 18.2 Å². The molecule has 1 aromatic rings. The summed E-state index contributed by atoms with van der Waals surface area (Å²) in [5.41, 5.74) is 2.63. The lowest BCUT2D eigenvalue weighted by Crippen LogP contribution is -2.29. The van der Waals surface area contributed by atoms with Crippen molar-refractivity contribution in [3.05, 3.63) is 23.8 Å².